The van der Waals surface area contributed by atoms with Crippen LogP contribution in [0.25, 0.3) is 0 Å². The van der Waals surface area contributed by atoms with Crippen LogP contribution in [0, 0.1) is 11.4 Å². The molecular formula is C15H26N3+. The average Bonchev–Trinajstić information content (AvgIpc) is 2.30. The summed E-state index contributed by atoms with van der Waals surface area (Å²) in [5, 5.41) is 4.35. The molecule has 0 aliphatic heterocycles. The minimum Gasteiger partial charge on any atom is -0.0870 e. The topological polar surface area (TPSA) is 39.2 Å². The molecule has 0 aromatic heterocycles. The van der Waals surface area contributed by atoms with E-state index in [9.17, 15) is 0 Å². The van der Waals surface area contributed by atoms with Gasteiger partial charge in [-0.05, 0) is 31.9 Å². The van der Waals surface area contributed by atoms with Gasteiger partial charge >= 0.3 is 0 Å². The van der Waals surface area contributed by atoms with Crippen molar-refractivity contribution in [3.8, 4) is 0 Å². The molecule has 1 N–H and O–H groups in total. The molecular weight excluding hydrogens is 222 g/mol. The minimum atomic E-state index is 0.429. The third-order valence-corrected chi connectivity index (χ3v) is 2.23. The van der Waals surface area contributed by atoms with Crippen LogP contribution >= 0.6 is 0 Å². The number of allylic oxidation sites excluding steroid dienone is 6. The number of rotatable bonds is 7. The van der Waals surface area contributed by atoms with Crippen molar-refractivity contribution in [3.63, 3.8) is 0 Å². The van der Waals surface area contributed by atoms with E-state index >= 15 is 0 Å². The first-order valence-electron chi connectivity index (χ1n) is 6.58. The lowest BCUT2D eigenvalue weighted by molar-refractivity contribution is -0.625. The van der Waals surface area contributed by atoms with Gasteiger partial charge in [-0.25, -0.2) is 0 Å². The van der Waals surface area contributed by atoms with Gasteiger partial charge in [0.15, 0.2) is 0 Å². The van der Waals surface area contributed by atoms with E-state index in [0.29, 0.717) is 12.5 Å². The van der Waals surface area contributed by atoms with Crippen molar-refractivity contribution in [1.29, 1.82) is 5.53 Å². The van der Waals surface area contributed by atoms with Crippen LogP contribution in [0.1, 0.15) is 41.0 Å². The number of nitrogens with zero attached hydrogens (tertiary/aromatic N) is 2. The molecule has 0 aliphatic rings. The van der Waals surface area contributed by atoms with Crippen LogP contribution in [0.4, 0.5) is 0 Å². The summed E-state index contributed by atoms with van der Waals surface area (Å²) in [6, 6.07) is 0. The van der Waals surface area contributed by atoms with Gasteiger partial charge in [0.2, 0.25) is 6.54 Å². The Hall–Kier alpha value is -1.51. The van der Waals surface area contributed by atoms with Gasteiger partial charge in [0.05, 0.1) is 0 Å². The van der Waals surface area contributed by atoms with Crippen molar-refractivity contribution in [2.75, 3.05) is 6.54 Å². The maximum atomic E-state index is 7.83. The number of hydrazone groups is 1. The summed E-state index contributed by atoms with van der Waals surface area (Å²) in [6.07, 6.45) is 11.0. The van der Waals surface area contributed by atoms with Gasteiger partial charge < -0.3 is 0 Å². The van der Waals surface area contributed by atoms with E-state index in [-0.39, 0.29) is 0 Å². The molecule has 0 radical (unpaired) electrons. The summed E-state index contributed by atoms with van der Waals surface area (Å²) >= 11 is 0. The fourth-order valence-corrected chi connectivity index (χ4v) is 1.44. The Bertz CT molecular complexity index is 371. The van der Waals surface area contributed by atoms with Gasteiger partial charge in [0.25, 0.3) is 0 Å². The van der Waals surface area contributed by atoms with Crippen LogP contribution in [0.3, 0.4) is 0 Å². The SMILES string of the molecule is C\C=C/C(=C/C)C(/C=C\CC)=N\[N+](=N)CC(C)C. The Kier molecular flexibility index (Phi) is 8.71. The highest BCUT2D eigenvalue weighted by atomic mass is 15.5. The van der Waals surface area contributed by atoms with Crippen LogP contribution in [-0.4, -0.2) is 17.1 Å². The molecule has 0 amide bonds. The second-order valence-corrected chi connectivity index (χ2v) is 4.52. The van der Waals surface area contributed by atoms with Crippen LogP contribution in [0.15, 0.2) is 41.1 Å². The van der Waals surface area contributed by atoms with Crippen molar-refractivity contribution in [2.24, 2.45) is 11.0 Å². The Labute approximate surface area is 111 Å². The van der Waals surface area contributed by atoms with Crippen molar-refractivity contribution in [1.82, 2.24) is 0 Å². The van der Waals surface area contributed by atoms with Gasteiger partial charge in [0, 0.05) is 21.4 Å². The summed E-state index contributed by atoms with van der Waals surface area (Å²) < 4.78 is 0. The van der Waals surface area contributed by atoms with E-state index in [4.69, 9.17) is 5.53 Å². The summed E-state index contributed by atoms with van der Waals surface area (Å²) in [4.78, 5) is 1.27. The summed E-state index contributed by atoms with van der Waals surface area (Å²) in [5.74, 6) is 0.429. The molecule has 0 aromatic carbocycles. The molecule has 3 heteroatoms. The van der Waals surface area contributed by atoms with Crippen molar-refractivity contribution in [2.45, 2.75) is 41.0 Å². The van der Waals surface area contributed by atoms with Crippen molar-refractivity contribution >= 4 is 5.71 Å². The number of hydrogen-bond acceptors (Lipinski definition) is 1. The number of hydrogen-bond donors (Lipinski definition) is 1. The Morgan fingerprint density at radius 2 is 1.94 bits per heavy atom. The maximum Gasteiger partial charge on any atom is 0.204 e. The first kappa shape index (κ1) is 16.5. The summed E-state index contributed by atoms with van der Waals surface area (Å²) in [6.45, 7) is 10.9. The lowest BCUT2D eigenvalue weighted by Crippen LogP contribution is -2.12. The Morgan fingerprint density at radius 3 is 2.39 bits per heavy atom. The molecule has 0 rings (SSSR count). The third-order valence-electron chi connectivity index (χ3n) is 2.23. The zero-order valence-electron chi connectivity index (χ0n) is 12.3. The van der Waals surface area contributed by atoms with Gasteiger partial charge in [-0.3, -0.25) is 0 Å². The monoisotopic (exact) mass is 248 g/mol. The van der Waals surface area contributed by atoms with E-state index < -0.39 is 0 Å². The van der Waals surface area contributed by atoms with Gasteiger partial charge in [0.1, 0.15) is 5.71 Å². The molecule has 3 nitrogen and oxygen atoms in total. The number of nitrogens with one attached hydrogen (secondary N) is 1. The minimum absolute atomic E-state index is 0.429. The summed E-state index contributed by atoms with van der Waals surface area (Å²) in [5.41, 5.74) is 9.72. The Balaban J connectivity index is 5.15. The zero-order valence-corrected chi connectivity index (χ0v) is 12.3. The zero-order chi connectivity index (χ0) is 14.0. The van der Waals surface area contributed by atoms with Crippen LogP contribution in [0.2, 0.25) is 0 Å². The average molecular weight is 248 g/mol. The third kappa shape index (κ3) is 6.94. The van der Waals surface area contributed by atoms with Gasteiger partial charge in [-0.1, -0.05) is 45.1 Å². The van der Waals surface area contributed by atoms with Crippen molar-refractivity contribution < 1.29 is 4.81 Å². The van der Waals surface area contributed by atoms with E-state index in [2.05, 4.69) is 31.9 Å². The highest BCUT2D eigenvalue weighted by Gasteiger charge is 2.09. The lowest BCUT2D eigenvalue weighted by atomic mass is 10.1. The second kappa shape index (κ2) is 9.51. The predicted molar refractivity (Wildman–Crippen MR) is 78.1 cm³/mol. The Morgan fingerprint density at radius 1 is 1.28 bits per heavy atom. The molecule has 0 unspecified atom stereocenters. The van der Waals surface area contributed by atoms with Gasteiger partial charge in [-0.2, -0.15) is 0 Å². The molecule has 0 spiro atoms. The lowest BCUT2D eigenvalue weighted by Gasteiger charge is -2.00. The fraction of sp³-hybridized carbons (Fsp3) is 0.533. The second-order valence-electron chi connectivity index (χ2n) is 4.52. The molecule has 0 aromatic rings. The molecule has 0 fully saturated rings. The quantitative estimate of drug-likeness (QED) is 0.226. The molecule has 0 bridgehead atoms. The molecule has 0 aliphatic carbocycles. The molecule has 0 atom stereocenters. The molecule has 0 saturated carbocycles. The van der Waals surface area contributed by atoms with E-state index in [0.717, 1.165) is 17.7 Å². The fourth-order valence-electron chi connectivity index (χ4n) is 1.44. The molecule has 0 saturated heterocycles. The molecule has 18 heavy (non-hydrogen) atoms. The highest BCUT2D eigenvalue weighted by Crippen LogP contribution is 2.05. The standard InChI is InChI=1S/C15H26N3/c1-6-9-11-15(14(8-3)10-7-2)17-18(16)12-13(4)5/h7-11,13,16H,6,12H2,1-5H3/q+1/b10-7-,11-9-,14-8-,17-15-,18-16?. The first-order valence-corrected chi connectivity index (χ1v) is 6.58. The van der Waals surface area contributed by atoms with Crippen LogP contribution in [-0.2, 0) is 0 Å². The summed E-state index contributed by atoms with van der Waals surface area (Å²) in [7, 11) is 0. The predicted octanol–water partition coefficient (Wildman–Crippen LogP) is 4.53. The normalized spacial score (nSPS) is 14.1. The van der Waals surface area contributed by atoms with E-state index in [1.165, 1.54) is 4.81 Å². The van der Waals surface area contributed by atoms with Crippen LogP contribution < -0.4 is 0 Å². The molecule has 0 heterocycles. The molecule has 100 valence electrons. The van der Waals surface area contributed by atoms with E-state index in [1.54, 1.807) is 0 Å². The van der Waals surface area contributed by atoms with Crippen molar-refractivity contribution in [3.05, 3.63) is 36.0 Å². The van der Waals surface area contributed by atoms with Crippen LogP contribution in [0.5, 0.6) is 0 Å². The first-order chi connectivity index (χ1) is 8.54. The maximum absolute atomic E-state index is 7.83. The smallest absolute Gasteiger partial charge is 0.0870 e. The van der Waals surface area contributed by atoms with E-state index in [1.807, 2.05) is 38.2 Å². The van der Waals surface area contributed by atoms with Gasteiger partial charge in [-0.15, -0.1) is 0 Å². The largest absolute Gasteiger partial charge is 0.204 e. The highest BCUT2D eigenvalue weighted by molar-refractivity contribution is 6.09.